The topological polar surface area (TPSA) is 54.4 Å². The Bertz CT molecular complexity index is 242. The van der Waals surface area contributed by atoms with E-state index in [1.807, 2.05) is 6.08 Å². The van der Waals surface area contributed by atoms with Gasteiger partial charge in [-0.15, -0.1) is 0 Å². The lowest BCUT2D eigenvalue weighted by Crippen LogP contribution is -1.99. The Kier molecular flexibility index (Phi) is 7.80. The van der Waals surface area contributed by atoms with E-state index in [2.05, 4.69) is 6.92 Å². The molecule has 0 fully saturated rings. The highest BCUT2D eigenvalue weighted by molar-refractivity contribution is 7.85. The Morgan fingerprint density at radius 2 is 1.71 bits per heavy atom. The minimum absolute atomic E-state index is 0.262. The predicted molar refractivity (Wildman–Crippen MR) is 58.9 cm³/mol. The van der Waals surface area contributed by atoms with Gasteiger partial charge in [-0.05, 0) is 12.8 Å². The van der Waals surface area contributed by atoms with Crippen molar-refractivity contribution in [3.05, 3.63) is 12.2 Å². The van der Waals surface area contributed by atoms with Crippen LogP contribution < -0.4 is 0 Å². The van der Waals surface area contributed by atoms with Crippen LogP contribution in [0.25, 0.3) is 0 Å². The summed E-state index contributed by atoms with van der Waals surface area (Å²) in [6, 6.07) is 0. The maximum atomic E-state index is 10.3. The smallest absolute Gasteiger partial charge is 0.268 e. The number of allylic oxidation sites excluding steroid dienone is 1. The number of unbranched alkanes of at least 4 members (excludes halogenated alkanes) is 5. The fraction of sp³-hybridized carbons (Fsp3) is 0.800. The SMILES string of the molecule is CCCCCCC/C=C/CS(=O)(=O)O. The summed E-state index contributed by atoms with van der Waals surface area (Å²) in [5.41, 5.74) is 0. The maximum Gasteiger partial charge on any atom is 0.268 e. The van der Waals surface area contributed by atoms with Gasteiger partial charge in [0, 0.05) is 0 Å². The van der Waals surface area contributed by atoms with Gasteiger partial charge in [-0.1, -0.05) is 44.8 Å². The van der Waals surface area contributed by atoms with Gasteiger partial charge in [0.25, 0.3) is 10.1 Å². The Hall–Kier alpha value is -0.350. The monoisotopic (exact) mass is 220 g/mol. The lowest BCUT2D eigenvalue weighted by atomic mass is 10.1. The second kappa shape index (κ2) is 8.00. The first-order valence-electron chi connectivity index (χ1n) is 5.16. The zero-order chi connectivity index (χ0) is 10.9. The molecule has 0 aliphatic rings. The summed E-state index contributed by atoms with van der Waals surface area (Å²) >= 11 is 0. The van der Waals surface area contributed by atoms with Crippen LogP contribution >= 0.6 is 0 Å². The van der Waals surface area contributed by atoms with Gasteiger partial charge >= 0.3 is 0 Å². The summed E-state index contributed by atoms with van der Waals surface area (Å²) in [7, 11) is -3.81. The molecular weight excluding hydrogens is 200 g/mol. The van der Waals surface area contributed by atoms with Crippen molar-refractivity contribution in [2.75, 3.05) is 5.75 Å². The molecule has 0 aromatic carbocycles. The van der Waals surface area contributed by atoms with Crippen molar-refractivity contribution >= 4 is 10.1 Å². The van der Waals surface area contributed by atoms with Crippen molar-refractivity contribution in [2.24, 2.45) is 0 Å². The van der Waals surface area contributed by atoms with E-state index in [4.69, 9.17) is 4.55 Å². The molecule has 0 amide bonds. The van der Waals surface area contributed by atoms with Crippen molar-refractivity contribution in [1.82, 2.24) is 0 Å². The van der Waals surface area contributed by atoms with Crippen molar-refractivity contribution in [1.29, 1.82) is 0 Å². The maximum absolute atomic E-state index is 10.3. The van der Waals surface area contributed by atoms with Gasteiger partial charge < -0.3 is 0 Å². The molecule has 0 rings (SSSR count). The van der Waals surface area contributed by atoms with Gasteiger partial charge in [0.05, 0.1) is 5.75 Å². The number of rotatable bonds is 8. The zero-order valence-electron chi connectivity index (χ0n) is 8.78. The molecule has 0 aromatic heterocycles. The molecule has 0 heterocycles. The average Bonchev–Trinajstić information content (AvgIpc) is 2.08. The van der Waals surface area contributed by atoms with Crippen molar-refractivity contribution < 1.29 is 13.0 Å². The molecule has 0 bridgehead atoms. The molecule has 0 spiro atoms. The Morgan fingerprint density at radius 3 is 2.29 bits per heavy atom. The fourth-order valence-electron chi connectivity index (χ4n) is 1.17. The minimum Gasteiger partial charge on any atom is -0.285 e. The van der Waals surface area contributed by atoms with Gasteiger partial charge in [0.2, 0.25) is 0 Å². The molecule has 0 aliphatic heterocycles. The molecule has 4 heteroatoms. The van der Waals surface area contributed by atoms with Crippen LogP contribution in [0.3, 0.4) is 0 Å². The molecule has 0 saturated carbocycles. The summed E-state index contributed by atoms with van der Waals surface area (Å²) in [5.74, 6) is -0.262. The zero-order valence-corrected chi connectivity index (χ0v) is 9.59. The van der Waals surface area contributed by atoms with E-state index in [0.717, 1.165) is 12.8 Å². The standard InChI is InChI=1S/C10H20O3S/c1-2-3-4-5-6-7-8-9-10-14(11,12)13/h8-9H,2-7,10H2,1H3,(H,11,12,13)/b9-8+. The highest BCUT2D eigenvalue weighted by Crippen LogP contribution is 2.05. The van der Waals surface area contributed by atoms with Crippen molar-refractivity contribution in [2.45, 2.75) is 45.4 Å². The van der Waals surface area contributed by atoms with Gasteiger partial charge in [-0.2, -0.15) is 8.42 Å². The Labute approximate surface area is 87.0 Å². The number of hydrogen-bond donors (Lipinski definition) is 1. The third-order valence-corrected chi connectivity index (χ3v) is 2.56. The van der Waals surface area contributed by atoms with Crippen molar-refractivity contribution in [3.63, 3.8) is 0 Å². The van der Waals surface area contributed by atoms with Gasteiger partial charge in [0.15, 0.2) is 0 Å². The highest BCUT2D eigenvalue weighted by atomic mass is 32.2. The second-order valence-electron chi connectivity index (χ2n) is 3.42. The van der Waals surface area contributed by atoms with Crippen LogP contribution in [-0.4, -0.2) is 18.7 Å². The molecule has 1 N–H and O–H groups in total. The van der Waals surface area contributed by atoms with Crippen LogP contribution in [0.1, 0.15) is 45.4 Å². The van der Waals surface area contributed by atoms with E-state index >= 15 is 0 Å². The average molecular weight is 220 g/mol. The van der Waals surface area contributed by atoms with Crippen LogP contribution in [-0.2, 0) is 10.1 Å². The first-order chi connectivity index (χ1) is 6.56. The van der Waals surface area contributed by atoms with Gasteiger partial charge in [0.1, 0.15) is 0 Å². The number of hydrogen-bond acceptors (Lipinski definition) is 2. The highest BCUT2D eigenvalue weighted by Gasteiger charge is 1.97. The molecule has 0 aromatic rings. The lowest BCUT2D eigenvalue weighted by molar-refractivity contribution is 0.486. The fourth-order valence-corrected chi connectivity index (χ4v) is 1.55. The van der Waals surface area contributed by atoms with E-state index in [0.29, 0.717) is 0 Å². The third kappa shape index (κ3) is 11.6. The summed E-state index contributed by atoms with van der Waals surface area (Å²) in [5, 5.41) is 0. The predicted octanol–water partition coefficient (Wildman–Crippen LogP) is 2.79. The second-order valence-corrected chi connectivity index (χ2v) is 4.92. The molecule has 0 saturated heterocycles. The Morgan fingerprint density at radius 1 is 1.07 bits per heavy atom. The summed E-state index contributed by atoms with van der Waals surface area (Å²) < 4.78 is 29.0. The Balaban J connectivity index is 3.28. The molecule has 0 radical (unpaired) electrons. The molecule has 0 aliphatic carbocycles. The van der Waals surface area contributed by atoms with Crippen LogP contribution in [0.2, 0.25) is 0 Å². The van der Waals surface area contributed by atoms with Crippen LogP contribution in [0.5, 0.6) is 0 Å². The molecule has 14 heavy (non-hydrogen) atoms. The van der Waals surface area contributed by atoms with E-state index in [1.165, 1.54) is 31.8 Å². The molecular formula is C10H20O3S. The van der Waals surface area contributed by atoms with Crippen LogP contribution in [0.15, 0.2) is 12.2 Å². The quantitative estimate of drug-likeness (QED) is 0.389. The normalized spacial score (nSPS) is 12.4. The molecule has 3 nitrogen and oxygen atoms in total. The largest absolute Gasteiger partial charge is 0.285 e. The summed E-state index contributed by atoms with van der Waals surface area (Å²) in [4.78, 5) is 0. The van der Waals surface area contributed by atoms with Crippen molar-refractivity contribution in [3.8, 4) is 0 Å². The van der Waals surface area contributed by atoms with E-state index in [-0.39, 0.29) is 5.75 Å². The first-order valence-corrected chi connectivity index (χ1v) is 6.77. The summed E-state index contributed by atoms with van der Waals surface area (Å²) in [6.07, 6.45) is 10.3. The molecule has 84 valence electrons. The minimum atomic E-state index is -3.81. The molecule has 0 atom stereocenters. The van der Waals surface area contributed by atoms with Crippen LogP contribution in [0, 0.1) is 0 Å². The summed E-state index contributed by atoms with van der Waals surface area (Å²) in [6.45, 7) is 2.17. The van der Waals surface area contributed by atoms with E-state index in [9.17, 15) is 8.42 Å². The van der Waals surface area contributed by atoms with E-state index < -0.39 is 10.1 Å². The third-order valence-electron chi connectivity index (χ3n) is 1.95. The first kappa shape index (κ1) is 13.7. The van der Waals surface area contributed by atoms with Gasteiger partial charge in [-0.25, -0.2) is 0 Å². The van der Waals surface area contributed by atoms with E-state index in [1.54, 1.807) is 0 Å². The van der Waals surface area contributed by atoms with Gasteiger partial charge in [-0.3, -0.25) is 4.55 Å². The van der Waals surface area contributed by atoms with Crippen LogP contribution in [0.4, 0.5) is 0 Å². The lowest BCUT2D eigenvalue weighted by Gasteiger charge is -1.95. The molecule has 0 unspecified atom stereocenters.